The first-order valence-corrected chi connectivity index (χ1v) is 10.9. The van der Waals surface area contributed by atoms with Crippen molar-refractivity contribution in [2.75, 3.05) is 11.1 Å². The smallest absolute Gasteiger partial charge is 0.234 e. The molecule has 4 aromatic rings. The first-order valence-electron chi connectivity index (χ1n) is 9.05. The number of para-hydroxylation sites is 1. The third kappa shape index (κ3) is 4.08. The van der Waals surface area contributed by atoms with Crippen LogP contribution in [0.1, 0.15) is 11.8 Å². The lowest BCUT2D eigenvalue weighted by atomic mass is 10.0. The molecule has 4 rings (SSSR count). The average molecular weight is 406 g/mol. The van der Waals surface area contributed by atoms with Crippen molar-refractivity contribution >= 4 is 44.9 Å². The van der Waals surface area contributed by atoms with Gasteiger partial charge in [0.15, 0.2) is 0 Å². The van der Waals surface area contributed by atoms with Crippen molar-refractivity contribution < 1.29 is 4.79 Å². The molecular formula is C22H19N3OS2. The Kier molecular flexibility index (Phi) is 5.69. The van der Waals surface area contributed by atoms with Gasteiger partial charge in [-0.05, 0) is 24.1 Å². The summed E-state index contributed by atoms with van der Waals surface area (Å²) in [6, 6.07) is 20.0. The number of anilines is 1. The Morgan fingerprint density at radius 2 is 1.86 bits per heavy atom. The Morgan fingerprint density at radius 1 is 1.07 bits per heavy atom. The van der Waals surface area contributed by atoms with E-state index in [9.17, 15) is 4.79 Å². The molecule has 0 atom stereocenters. The summed E-state index contributed by atoms with van der Waals surface area (Å²) in [4.78, 5) is 23.6. The number of carbonyl (C=O) groups excluding carboxylic acids is 1. The third-order valence-electron chi connectivity index (χ3n) is 4.32. The summed E-state index contributed by atoms with van der Waals surface area (Å²) >= 11 is 3.13. The van der Waals surface area contributed by atoms with Crippen LogP contribution in [0.3, 0.4) is 0 Å². The third-order valence-corrected chi connectivity index (χ3v) is 6.51. The lowest BCUT2D eigenvalue weighted by Crippen LogP contribution is -2.14. The molecule has 0 bridgehead atoms. The molecular weight excluding hydrogens is 386 g/mol. The molecule has 28 heavy (non-hydrogen) atoms. The summed E-state index contributed by atoms with van der Waals surface area (Å²) in [5, 5.41) is 4.93. The number of nitrogens with one attached hydrogen (secondary N) is 1. The summed E-state index contributed by atoms with van der Waals surface area (Å²) in [5.41, 5.74) is 2.90. The quantitative estimate of drug-likeness (QED) is 0.333. The van der Waals surface area contributed by atoms with Gasteiger partial charge >= 0.3 is 0 Å². The lowest BCUT2D eigenvalue weighted by Gasteiger charge is -2.11. The number of rotatable bonds is 6. The van der Waals surface area contributed by atoms with Crippen LogP contribution in [0.15, 0.2) is 72.0 Å². The van der Waals surface area contributed by atoms with Gasteiger partial charge in [-0.3, -0.25) is 4.79 Å². The molecule has 2 aromatic heterocycles. The number of hydrogen-bond donors (Lipinski definition) is 1. The normalized spacial score (nSPS) is 10.9. The Hall–Kier alpha value is -2.70. The van der Waals surface area contributed by atoms with E-state index in [1.54, 1.807) is 17.7 Å². The number of amides is 1. The van der Waals surface area contributed by atoms with Gasteiger partial charge in [0.2, 0.25) is 5.91 Å². The van der Waals surface area contributed by atoms with Crippen molar-refractivity contribution in [1.29, 1.82) is 0 Å². The monoisotopic (exact) mass is 405 g/mol. The molecule has 0 radical (unpaired) electrons. The summed E-state index contributed by atoms with van der Waals surface area (Å²) < 4.78 is 0. The van der Waals surface area contributed by atoms with Crippen molar-refractivity contribution in [3.8, 4) is 11.1 Å². The van der Waals surface area contributed by atoms with Gasteiger partial charge in [-0.25, -0.2) is 9.97 Å². The number of nitrogens with zero attached hydrogens (tertiary/aromatic N) is 2. The molecule has 0 saturated heterocycles. The predicted molar refractivity (Wildman–Crippen MR) is 118 cm³/mol. The number of fused-ring (bicyclic) bond motifs is 1. The topological polar surface area (TPSA) is 54.9 Å². The Labute approximate surface area is 172 Å². The van der Waals surface area contributed by atoms with Gasteiger partial charge in [-0.1, -0.05) is 67.2 Å². The second-order valence-electron chi connectivity index (χ2n) is 6.21. The van der Waals surface area contributed by atoms with Gasteiger partial charge in [0.1, 0.15) is 16.2 Å². The second-order valence-corrected chi connectivity index (χ2v) is 8.29. The van der Waals surface area contributed by atoms with E-state index in [2.05, 4.69) is 28.3 Å². The highest BCUT2D eigenvalue weighted by Gasteiger charge is 2.12. The highest BCUT2D eigenvalue weighted by molar-refractivity contribution is 8.00. The van der Waals surface area contributed by atoms with Crippen molar-refractivity contribution in [3.63, 3.8) is 0 Å². The number of aryl methyl sites for hydroxylation is 1. The van der Waals surface area contributed by atoms with Gasteiger partial charge in [0, 0.05) is 21.5 Å². The number of carbonyl (C=O) groups is 1. The van der Waals surface area contributed by atoms with Crippen LogP contribution < -0.4 is 5.32 Å². The van der Waals surface area contributed by atoms with E-state index in [0.717, 1.165) is 38.5 Å². The molecule has 0 saturated carbocycles. The fraction of sp³-hybridized carbons (Fsp3) is 0.136. The van der Waals surface area contributed by atoms with Gasteiger partial charge in [-0.2, -0.15) is 0 Å². The summed E-state index contributed by atoms with van der Waals surface area (Å²) in [5.74, 6) is 0.248. The molecule has 2 aromatic carbocycles. The largest absolute Gasteiger partial charge is 0.325 e. The fourth-order valence-electron chi connectivity index (χ4n) is 2.95. The second kappa shape index (κ2) is 8.54. The lowest BCUT2D eigenvalue weighted by molar-refractivity contribution is -0.113. The first kappa shape index (κ1) is 18.7. The molecule has 6 heteroatoms. The van der Waals surface area contributed by atoms with Gasteiger partial charge in [0.05, 0.1) is 5.75 Å². The van der Waals surface area contributed by atoms with E-state index < -0.39 is 0 Å². The fourth-order valence-corrected chi connectivity index (χ4v) is 4.73. The summed E-state index contributed by atoms with van der Waals surface area (Å²) in [6.45, 7) is 2.13. The van der Waals surface area contributed by atoms with Crippen molar-refractivity contribution in [2.24, 2.45) is 0 Å². The number of thioether (sulfide) groups is 1. The van der Waals surface area contributed by atoms with Crippen molar-refractivity contribution in [1.82, 2.24) is 9.97 Å². The van der Waals surface area contributed by atoms with Crippen LogP contribution in [-0.2, 0) is 11.2 Å². The number of benzene rings is 2. The van der Waals surface area contributed by atoms with Crippen LogP contribution in [-0.4, -0.2) is 21.6 Å². The van der Waals surface area contributed by atoms with Crippen molar-refractivity contribution in [3.05, 3.63) is 71.9 Å². The molecule has 1 amide bonds. The Balaban J connectivity index is 1.48. The van der Waals surface area contributed by atoms with Crippen LogP contribution in [0, 0.1) is 0 Å². The minimum absolute atomic E-state index is 0.0499. The van der Waals surface area contributed by atoms with E-state index in [4.69, 9.17) is 0 Å². The Bertz CT molecular complexity index is 1110. The molecule has 4 nitrogen and oxygen atoms in total. The van der Waals surface area contributed by atoms with Gasteiger partial charge < -0.3 is 5.32 Å². The molecule has 1 N–H and O–H groups in total. The zero-order chi connectivity index (χ0) is 19.3. The molecule has 140 valence electrons. The minimum atomic E-state index is -0.0499. The number of thiophene rings is 1. The van der Waals surface area contributed by atoms with E-state index in [0.29, 0.717) is 5.75 Å². The molecule has 0 spiro atoms. The first-order chi connectivity index (χ1) is 13.7. The molecule has 0 fully saturated rings. The molecule has 2 heterocycles. The van der Waals surface area contributed by atoms with Crippen LogP contribution in [0.2, 0.25) is 0 Å². The molecule has 0 aliphatic carbocycles. The van der Waals surface area contributed by atoms with E-state index in [-0.39, 0.29) is 5.91 Å². The number of hydrogen-bond acceptors (Lipinski definition) is 5. The maximum atomic E-state index is 12.6. The maximum absolute atomic E-state index is 12.6. The highest BCUT2D eigenvalue weighted by atomic mass is 32.2. The molecule has 0 aliphatic heterocycles. The van der Waals surface area contributed by atoms with Gasteiger partial charge in [-0.15, -0.1) is 11.3 Å². The zero-order valence-corrected chi connectivity index (χ0v) is 17.0. The Morgan fingerprint density at radius 3 is 2.68 bits per heavy atom. The summed E-state index contributed by atoms with van der Waals surface area (Å²) in [6.07, 6.45) is 2.55. The zero-order valence-electron chi connectivity index (χ0n) is 15.4. The van der Waals surface area contributed by atoms with Crippen LogP contribution in [0.5, 0.6) is 0 Å². The standard InChI is InChI=1S/C22H19N3OS2/c1-2-16-12-18-21(23-14-24-22(18)28-16)27-13-20(26)25-19-11-7-6-10-17(19)15-8-4-3-5-9-15/h3-12,14H,2,13H2,1H3,(H,25,26). The average Bonchev–Trinajstić information content (AvgIpc) is 3.17. The maximum Gasteiger partial charge on any atom is 0.234 e. The van der Waals surface area contributed by atoms with Crippen LogP contribution in [0.4, 0.5) is 5.69 Å². The van der Waals surface area contributed by atoms with E-state index in [1.165, 1.54) is 16.6 Å². The van der Waals surface area contributed by atoms with Crippen molar-refractivity contribution in [2.45, 2.75) is 18.4 Å². The highest BCUT2D eigenvalue weighted by Crippen LogP contribution is 2.31. The van der Waals surface area contributed by atoms with E-state index in [1.807, 2.05) is 54.6 Å². The minimum Gasteiger partial charge on any atom is -0.325 e. The number of aromatic nitrogens is 2. The summed E-state index contributed by atoms with van der Waals surface area (Å²) in [7, 11) is 0. The van der Waals surface area contributed by atoms with Gasteiger partial charge in [0.25, 0.3) is 0 Å². The van der Waals surface area contributed by atoms with Crippen LogP contribution in [0.25, 0.3) is 21.3 Å². The van der Waals surface area contributed by atoms with Crippen LogP contribution >= 0.6 is 23.1 Å². The van der Waals surface area contributed by atoms with E-state index >= 15 is 0 Å². The molecule has 0 unspecified atom stereocenters. The molecule has 0 aliphatic rings. The predicted octanol–water partition coefficient (Wildman–Crippen LogP) is 5.65. The SMILES string of the molecule is CCc1cc2c(SCC(=O)Nc3ccccc3-c3ccccc3)ncnc2s1.